The molecule has 0 aromatic heterocycles. The molecule has 0 spiro atoms. The van der Waals surface area contributed by atoms with Crippen LogP contribution in [0.5, 0.6) is 5.75 Å². The first-order valence-electron chi connectivity index (χ1n) is 10.7. The maximum atomic E-state index is 13.8. The minimum absolute atomic E-state index is 0.00973. The van der Waals surface area contributed by atoms with E-state index in [1.54, 1.807) is 4.90 Å². The summed E-state index contributed by atoms with van der Waals surface area (Å²) in [5.74, 6) is -1.72. The maximum absolute atomic E-state index is 13.8. The summed E-state index contributed by atoms with van der Waals surface area (Å²) in [5, 5.41) is 5.75. The van der Waals surface area contributed by atoms with Gasteiger partial charge in [-0.1, -0.05) is 12.1 Å². The lowest BCUT2D eigenvalue weighted by atomic mass is 10.0. The predicted octanol–water partition coefficient (Wildman–Crippen LogP) is 4.13. The first kappa shape index (κ1) is 21.9. The Balaban J connectivity index is 1.42. The Kier molecular flexibility index (Phi) is 6.21. The van der Waals surface area contributed by atoms with Gasteiger partial charge >= 0.3 is 0 Å². The van der Waals surface area contributed by atoms with Crippen molar-refractivity contribution in [1.29, 1.82) is 0 Å². The number of amides is 2. The molecule has 0 unspecified atom stereocenters. The third-order valence-corrected chi connectivity index (χ3v) is 5.79. The third kappa shape index (κ3) is 4.64. The summed E-state index contributed by atoms with van der Waals surface area (Å²) in [6.07, 6.45) is 1.31. The van der Waals surface area contributed by atoms with E-state index in [4.69, 9.17) is 4.74 Å². The highest BCUT2D eigenvalue weighted by molar-refractivity contribution is 6.40. The minimum Gasteiger partial charge on any atom is -0.487 e. The summed E-state index contributed by atoms with van der Waals surface area (Å²) in [6, 6.07) is 9.00. The van der Waals surface area contributed by atoms with Gasteiger partial charge < -0.3 is 9.64 Å². The van der Waals surface area contributed by atoms with Crippen LogP contribution < -0.4 is 9.75 Å². The molecule has 2 heterocycles. The van der Waals surface area contributed by atoms with Gasteiger partial charge in [0, 0.05) is 44.8 Å². The molecule has 2 aliphatic rings. The van der Waals surface area contributed by atoms with Crippen molar-refractivity contribution in [1.82, 2.24) is 4.90 Å². The van der Waals surface area contributed by atoms with E-state index in [0.29, 0.717) is 43.8 Å². The number of hydrogen-bond donors (Lipinski definition) is 0. The van der Waals surface area contributed by atoms with Crippen LogP contribution in [0, 0.1) is 25.5 Å². The van der Waals surface area contributed by atoms with E-state index < -0.39 is 11.6 Å². The third-order valence-electron chi connectivity index (χ3n) is 5.79. The minimum atomic E-state index is -0.740. The Labute approximate surface area is 185 Å². The van der Waals surface area contributed by atoms with E-state index in [2.05, 4.69) is 5.10 Å². The molecular weight excluding hydrogens is 416 g/mol. The van der Waals surface area contributed by atoms with Crippen LogP contribution in [0.3, 0.4) is 0 Å². The SMILES string of the molecule is Cc1ccc(C)c(N2N=C(C(=O)N3CCC(Oc4ccc(F)cc4F)CC3)CCC2=O)c1. The molecule has 0 saturated carbocycles. The summed E-state index contributed by atoms with van der Waals surface area (Å²) in [5.41, 5.74) is 2.96. The van der Waals surface area contributed by atoms with Crippen molar-refractivity contribution < 1.29 is 23.1 Å². The Bertz CT molecular complexity index is 1080. The molecule has 0 radical (unpaired) electrons. The number of benzene rings is 2. The quantitative estimate of drug-likeness (QED) is 0.717. The highest BCUT2D eigenvalue weighted by Gasteiger charge is 2.31. The summed E-state index contributed by atoms with van der Waals surface area (Å²) in [7, 11) is 0. The second kappa shape index (κ2) is 9.06. The Morgan fingerprint density at radius 3 is 2.53 bits per heavy atom. The molecule has 0 N–H and O–H groups in total. The summed E-state index contributed by atoms with van der Waals surface area (Å²) in [4.78, 5) is 27.2. The van der Waals surface area contributed by atoms with Crippen LogP contribution in [-0.4, -0.2) is 41.6 Å². The van der Waals surface area contributed by atoms with Crippen LogP contribution in [0.2, 0.25) is 0 Å². The number of nitrogens with zero attached hydrogens (tertiary/aromatic N) is 3. The molecule has 0 bridgehead atoms. The Morgan fingerprint density at radius 1 is 1.06 bits per heavy atom. The van der Waals surface area contributed by atoms with E-state index in [0.717, 1.165) is 23.3 Å². The molecule has 0 aliphatic carbocycles. The van der Waals surface area contributed by atoms with E-state index in [1.165, 1.54) is 11.1 Å². The second-order valence-electron chi connectivity index (χ2n) is 8.23. The smallest absolute Gasteiger partial charge is 0.270 e. The molecule has 1 saturated heterocycles. The molecule has 168 valence electrons. The zero-order valence-electron chi connectivity index (χ0n) is 18.1. The van der Waals surface area contributed by atoms with Crippen molar-refractivity contribution in [2.45, 2.75) is 45.6 Å². The molecule has 2 aliphatic heterocycles. The largest absolute Gasteiger partial charge is 0.487 e. The number of halogens is 2. The van der Waals surface area contributed by atoms with Gasteiger partial charge in [-0.15, -0.1) is 0 Å². The standard InChI is InChI=1S/C24H25F2N3O3/c1-15-3-4-16(2)21(13-15)29-23(30)8-6-20(27-29)24(31)28-11-9-18(10-12-28)32-22-7-5-17(25)14-19(22)26/h3-5,7,13-14,18H,6,8-12H2,1-2H3. The number of ether oxygens (including phenoxy) is 1. The number of likely N-dealkylation sites (tertiary alicyclic amines) is 1. The lowest BCUT2D eigenvalue weighted by Crippen LogP contribution is -2.46. The molecule has 1 fully saturated rings. The monoisotopic (exact) mass is 441 g/mol. The van der Waals surface area contributed by atoms with Gasteiger partial charge in [0.15, 0.2) is 11.6 Å². The predicted molar refractivity (Wildman–Crippen MR) is 117 cm³/mol. The van der Waals surface area contributed by atoms with Crippen LogP contribution in [0.15, 0.2) is 41.5 Å². The van der Waals surface area contributed by atoms with Crippen molar-refractivity contribution in [2.24, 2.45) is 5.10 Å². The van der Waals surface area contributed by atoms with Gasteiger partial charge in [0.1, 0.15) is 17.6 Å². The topological polar surface area (TPSA) is 62.2 Å². The highest BCUT2D eigenvalue weighted by Crippen LogP contribution is 2.27. The van der Waals surface area contributed by atoms with Crippen molar-refractivity contribution in [2.75, 3.05) is 18.1 Å². The number of rotatable bonds is 4. The number of hydrogen-bond acceptors (Lipinski definition) is 4. The molecular formula is C24H25F2N3O3. The van der Waals surface area contributed by atoms with E-state index in [-0.39, 0.29) is 30.1 Å². The summed E-state index contributed by atoms with van der Waals surface area (Å²) in [6.45, 7) is 4.71. The van der Waals surface area contributed by atoms with Gasteiger partial charge in [0.05, 0.1) is 5.69 Å². The fourth-order valence-electron chi connectivity index (χ4n) is 3.95. The molecule has 0 atom stereocenters. The van der Waals surface area contributed by atoms with E-state index in [1.807, 2.05) is 32.0 Å². The second-order valence-corrected chi connectivity index (χ2v) is 8.23. The van der Waals surface area contributed by atoms with Gasteiger partial charge in [-0.25, -0.2) is 13.8 Å². The molecule has 32 heavy (non-hydrogen) atoms. The number of hydrazone groups is 1. The van der Waals surface area contributed by atoms with Crippen molar-refractivity contribution in [3.63, 3.8) is 0 Å². The maximum Gasteiger partial charge on any atom is 0.270 e. The van der Waals surface area contributed by atoms with Crippen LogP contribution >= 0.6 is 0 Å². The van der Waals surface area contributed by atoms with Gasteiger partial charge in [-0.2, -0.15) is 5.10 Å². The van der Waals surface area contributed by atoms with Gasteiger partial charge in [-0.3, -0.25) is 9.59 Å². The van der Waals surface area contributed by atoms with Crippen LogP contribution in [0.1, 0.15) is 36.8 Å². The van der Waals surface area contributed by atoms with Gasteiger partial charge in [0.25, 0.3) is 5.91 Å². The van der Waals surface area contributed by atoms with Crippen LogP contribution in [0.25, 0.3) is 0 Å². The molecule has 2 aromatic rings. The summed E-state index contributed by atoms with van der Waals surface area (Å²) >= 11 is 0. The fraction of sp³-hybridized carbons (Fsp3) is 0.375. The number of aryl methyl sites for hydroxylation is 2. The molecule has 8 heteroatoms. The molecule has 2 aromatic carbocycles. The van der Waals surface area contributed by atoms with Crippen molar-refractivity contribution in [3.05, 3.63) is 59.2 Å². The van der Waals surface area contributed by atoms with Gasteiger partial charge in [0.2, 0.25) is 5.91 Å². The van der Waals surface area contributed by atoms with E-state index in [9.17, 15) is 18.4 Å². The summed E-state index contributed by atoms with van der Waals surface area (Å²) < 4.78 is 32.6. The zero-order valence-corrected chi connectivity index (χ0v) is 18.1. The van der Waals surface area contributed by atoms with Crippen LogP contribution in [-0.2, 0) is 9.59 Å². The number of anilines is 1. The Morgan fingerprint density at radius 2 is 1.81 bits per heavy atom. The lowest BCUT2D eigenvalue weighted by molar-refractivity contribution is -0.126. The van der Waals surface area contributed by atoms with Crippen molar-refractivity contribution >= 4 is 23.2 Å². The Hall–Kier alpha value is -3.29. The first-order valence-corrected chi connectivity index (χ1v) is 10.7. The van der Waals surface area contributed by atoms with Gasteiger partial charge in [-0.05, 0) is 43.2 Å². The lowest BCUT2D eigenvalue weighted by Gasteiger charge is -2.33. The molecule has 2 amide bonds. The average Bonchev–Trinajstić information content (AvgIpc) is 2.78. The van der Waals surface area contributed by atoms with Crippen molar-refractivity contribution in [3.8, 4) is 5.75 Å². The zero-order chi connectivity index (χ0) is 22.8. The van der Waals surface area contributed by atoms with E-state index >= 15 is 0 Å². The molecule has 4 rings (SSSR count). The first-order chi connectivity index (χ1) is 15.3. The molecule has 6 nitrogen and oxygen atoms in total. The number of piperidine rings is 1. The average molecular weight is 441 g/mol. The normalized spacial score (nSPS) is 17.4. The fourth-order valence-corrected chi connectivity index (χ4v) is 3.95. The van der Waals surface area contributed by atoms with Crippen LogP contribution in [0.4, 0.5) is 14.5 Å². The number of carbonyl (C=O) groups excluding carboxylic acids is 2. The highest BCUT2D eigenvalue weighted by atomic mass is 19.1. The number of carbonyl (C=O) groups is 2.